The number of alkyl halides is 3. The van der Waals surface area contributed by atoms with Crippen molar-refractivity contribution >= 4 is 11.9 Å². The van der Waals surface area contributed by atoms with E-state index in [9.17, 15) is 18.0 Å². The molecule has 2 rings (SSSR count). The van der Waals surface area contributed by atoms with Crippen molar-refractivity contribution in [2.45, 2.75) is 19.1 Å². The number of amides is 1. The number of benzene rings is 2. The van der Waals surface area contributed by atoms with E-state index in [1.54, 1.807) is 19.2 Å². The average Bonchev–Trinajstić information content (AvgIpc) is 2.70. The van der Waals surface area contributed by atoms with Gasteiger partial charge in [-0.25, -0.2) is 0 Å². The van der Waals surface area contributed by atoms with E-state index in [1.807, 2.05) is 18.2 Å². The molecule has 5 nitrogen and oxygen atoms in total. The summed E-state index contributed by atoms with van der Waals surface area (Å²) in [5.41, 5.74) is 0.659. The molecule has 0 bridgehead atoms. The number of hydrogen-bond acceptors (Lipinski definition) is 2. The van der Waals surface area contributed by atoms with Gasteiger partial charge >= 0.3 is 6.18 Å². The van der Waals surface area contributed by atoms with Gasteiger partial charge in [0.05, 0.1) is 5.56 Å². The van der Waals surface area contributed by atoms with Crippen LogP contribution in [0.3, 0.4) is 0 Å². The Kier molecular flexibility index (Phi) is 7.86. The van der Waals surface area contributed by atoms with E-state index in [-0.39, 0.29) is 5.91 Å². The number of aliphatic imine (C=N–C) groups is 1. The first-order valence-electron chi connectivity index (χ1n) is 8.84. The van der Waals surface area contributed by atoms with Crippen molar-refractivity contribution in [3.8, 4) is 0 Å². The number of guanidine groups is 1. The fraction of sp³-hybridized carbons (Fsp3) is 0.300. The molecule has 1 amide bonds. The van der Waals surface area contributed by atoms with Crippen LogP contribution < -0.4 is 16.0 Å². The molecule has 0 saturated carbocycles. The number of carbonyl (C=O) groups excluding carboxylic acids is 1. The average molecular weight is 392 g/mol. The minimum absolute atomic E-state index is 0.120. The van der Waals surface area contributed by atoms with Crippen molar-refractivity contribution in [3.05, 3.63) is 71.3 Å². The molecule has 0 aliphatic heterocycles. The summed E-state index contributed by atoms with van der Waals surface area (Å²) in [4.78, 5) is 16.0. The third kappa shape index (κ3) is 6.94. The summed E-state index contributed by atoms with van der Waals surface area (Å²) in [6.45, 7) is 1.45. The van der Waals surface area contributed by atoms with Crippen LogP contribution in [0.5, 0.6) is 0 Å². The Balaban J connectivity index is 1.67. The van der Waals surface area contributed by atoms with Gasteiger partial charge in [-0.1, -0.05) is 30.3 Å². The number of hydrogen-bond donors (Lipinski definition) is 3. The standard InChI is InChI=1S/C20H23F3N4O/c1-24-19(27-14-15-8-10-17(11-9-15)20(21,22)23)26-13-5-12-25-18(28)16-6-3-2-4-7-16/h2-4,6-11H,5,12-14H2,1H3,(H,25,28)(H2,24,26,27). The Hall–Kier alpha value is -3.03. The lowest BCUT2D eigenvalue weighted by molar-refractivity contribution is -0.137. The first kappa shape index (κ1) is 21.3. The molecule has 0 fully saturated rings. The fourth-order valence-corrected chi connectivity index (χ4v) is 2.41. The van der Waals surface area contributed by atoms with Crippen LogP contribution in [0.15, 0.2) is 59.6 Å². The molecule has 0 aliphatic carbocycles. The van der Waals surface area contributed by atoms with Crippen molar-refractivity contribution < 1.29 is 18.0 Å². The van der Waals surface area contributed by atoms with Crippen LogP contribution >= 0.6 is 0 Å². The highest BCUT2D eigenvalue weighted by Crippen LogP contribution is 2.28. The first-order chi connectivity index (χ1) is 13.4. The second-order valence-corrected chi connectivity index (χ2v) is 6.02. The summed E-state index contributed by atoms with van der Waals surface area (Å²) in [6, 6.07) is 14.0. The molecule has 2 aromatic rings. The monoisotopic (exact) mass is 392 g/mol. The van der Waals surface area contributed by atoms with Gasteiger partial charge in [0.15, 0.2) is 5.96 Å². The summed E-state index contributed by atoms with van der Waals surface area (Å²) in [5.74, 6) is 0.416. The zero-order valence-electron chi connectivity index (χ0n) is 15.5. The Morgan fingerprint density at radius 2 is 1.57 bits per heavy atom. The number of nitrogens with zero attached hydrogens (tertiary/aromatic N) is 1. The molecule has 0 unspecified atom stereocenters. The predicted molar refractivity (Wildman–Crippen MR) is 103 cm³/mol. The predicted octanol–water partition coefficient (Wildman–Crippen LogP) is 3.19. The Labute approximate surface area is 162 Å². The maximum atomic E-state index is 12.6. The quantitative estimate of drug-likeness (QED) is 0.385. The molecule has 0 spiro atoms. The summed E-state index contributed by atoms with van der Waals surface area (Å²) in [5, 5.41) is 8.97. The first-order valence-corrected chi connectivity index (χ1v) is 8.84. The maximum Gasteiger partial charge on any atom is 0.416 e. The maximum absolute atomic E-state index is 12.6. The molecular formula is C20H23F3N4O. The van der Waals surface area contributed by atoms with Gasteiger partial charge in [-0.3, -0.25) is 9.79 Å². The van der Waals surface area contributed by atoms with Crippen LogP contribution in [0, 0.1) is 0 Å². The smallest absolute Gasteiger partial charge is 0.356 e. The molecule has 0 saturated heterocycles. The number of halogens is 3. The van der Waals surface area contributed by atoms with Crippen LogP contribution in [0.2, 0.25) is 0 Å². The minimum Gasteiger partial charge on any atom is -0.356 e. The van der Waals surface area contributed by atoms with Crippen molar-refractivity contribution in [1.82, 2.24) is 16.0 Å². The van der Waals surface area contributed by atoms with Crippen molar-refractivity contribution in [1.29, 1.82) is 0 Å². The Morgan fingerprint density at radius 3 is 2.18 bits per heavy atom. The summed E-state index contributed by atoms with van der Waals surface area (Å²) < 4.78 is 37.7. The molecular weight excluding hydrogens is 369 g/mol. The molecule has 2 aromatic carbocycles. The molecule has 0 aromatic heterocycles. The van der Waals surface area contributed by atoms with Gasteiger partial charge in [0.2, 0.25) is 0 Å². The highest BCUT2D eigenvalue weighted by atomic mass is 19.4. The zero-order valence-corrected chi connectivity index (χ0v) is 15.5. The van der Waals surface area contributed by atoms with Gasteiger partial charge in [0.1, 0.15) is 0 Å². The van der Waals surface area contributed by atoms with Gasteiger partial charge in [-0.2, -0.15) is 13.2 Å². The molecule has 150 valence electrons. The number of nitrogens with one attached hydrogen (secondary N) is 3. The molecule has 0 aliphatic rings. The zero-order chi connectivity index (χ0) is 20.4. The largest absolute Gasteiger partial charge is 0.416 e. The van der Waals surface area contributed by atoms with E-state index in [2.05, 4.69) is 20.9 Å². The highest BCUT2D eigenvalue weighted by Gasteiger charge is 2.29. The van der Waals surface area contributed by atoms with Crippen LogP contribution in [0.4, 0.5) is 13.2 Å². The number of rotatable bonds is 7. The molecule has 8 heteroatoms. The Bertz CT molecular complexity index is 774. The summed E-state index contributed by atoms with van der Waals surface area (Å²) in [7, 11) is 1.61. The van der Waals surface area contributed by atoms with E-state index in [0.29, 0.717) is 43.1 Å². The fourth-order valence-electron chi connectivity index (χ4n) is 2.41. The number of carbonyl (C=O) groups is 1. The molecule has 28 heavy (non-hydrogen) atoms. The van der Waals surface area contributed by atoms with Gasteiger partial charge in [-0.15, -0.1) is 0 Å². The molecule has 0 heterocycles. The SMILES string of the molecule is CN=C(NCCCNC(=O)c1ccccc1)NCc1ccc(C(F)(F)F)cc1. The lowest BCUT2D eigenvalue weighted by atomic mass is 10.1. The van der Waals surface area contributed by atoms with Crippen molar-refractivity contribution in [3.63, 3.8) is 0 Å². The summed E-state index contributed by atoms with van der Waals surface area (Å²) in [6.07, 6.45) is -3.64. The van der Waals surface area contributed by atoms with Crippen LogP contribution in [0.25, 0.3) is 0 Å². The van der Waals surface area contributed by atoms with Crippen molar-refractivity contribution in [2.75, 3.05) is 20.1 Å². The van der Waals surface area contributed by atoms with Crippen molar-refractivity contribution in [2.24, 2.45) is 4.99 Å². The van der Waals surface area contributed by atoms with E-state index in [4.69, 9.17) is 0 Å². The van der Waals surface area contributed by atoms with E-state index in [1.165, 1.54) is 12.1 Å². The highest BCUT2D eigenvalue weighted by molar-refractivity contribution is 5.94. The Morgan fingerprint density at radius 1 is 0.929 bits per heavy atom. The van der Waals surface area contributed by atoms with Crippen LogP contribution in [0.1, 0.15) is 27.9 Å². The topological polar surface area (TPSA) is 65.5 Å². The van der Waals surface area contributed by atoms with E-state index in [0.717, 1.165) is 12.1 Å². The second-order valence-electron chi connectivity index (χ2n) is 6.02. The third-order valence-corrected chi connectivity index (χ3v) is 3.93. The molecule has 0 radical (unpaired) electrons. The van der Waals surface area contributed by atoms with Crippen LogP contribution in [-0.4, -0.2) is 32.0 Å². The van der Waals surface area contributed by atoms with Gasteiger partial charge < -0.3 is 16.0 Å². The summed E-state index contributed by atoms with van der Waals surface area (Å²) >= 11 is 0. The minimum atomic E-state index is -4.33. The lowest BCUT2D eigenvalue weighted by Crippen LogP contribution is -2.38. The van der Waals surface area contributed by atoms with E-state index >= 15 is 0 Å². The molecule has 0 atom stereocenters. The van der Waals surface area contributed by atoms with Gasteiger partial charge in [0, 0.05) is 32.2 Å². The second kappa shape index (κ2) is 10.3. The van der Waals surface area contributed by atoms with Gasteiger partial charge in [-0.05, 0) is 36.2 Å². The van der Waals surface area contributed by atoms with Gasteiger partial charge in [0.25, 0.3) is 5.91 Å². The third-order valence-electron chi connectivity index (χ3n) is 3.93. The lowest BCUT2D eigenvalue weighted by Gasteiger charge is -2.13. The van der Waals surface area contributed by atoms with Crippen LogP contribution in [-0.2, 0) is 12.7 Å². The normalized spacial score (nSPS) is 11.8. The molecule has 3 N–H and O–H groups in total. The van der Waals surface area contributed by atoms with E-state index < -0.39 is 11.7 Å².